The quantitative estimate of drug-likeness (QED) is 0.679. The van der Waals surface area contributed by atoms with Crippen LogP contribution < -0.4 is 15.4 Å². The molecule has 0 aliphatic rings. The molecular weight excluding hydrogens is 366 g/mol. The molecule has 0 aliphatic carbocycles. The van der Waals surface area contributed by atoms with Gasteiger partial charge in [-0.3, -0.25) is 4.79 Å². The van der Waals surface area contributed by atoms with Crippen LogP contribution in [0.25, 0.3) is 0 Å². The number of amides is 1. The van der Waals surface area contributed by atoms with Crippen LogP contribution >= 0.6 is 24.0 Å². The fraction of sp³-hybridized carbons (Fsp3) is 0.278. The standard InChI is InChI=1S/C18H20ClFN2O2.ClH/c1-21-10-5-11-22-18(23)17(13-6-3-2-4-7-13)24-16-9-8-14(20)12-15(16)19;/h2-4,6-9,12,17,21H,5,10-11H2,1H3,(H,22,23);1H. The zero-order chi connectivity index (χ0) is 17.4. The van der Waals surface area contributed by atoms with Gasteiger partial charge in [0.2, 0.25) is 6.10 Å². The predicted molar refractivity (Wildman–Crippen MR) is 100 cm³/mol. The average Bonchev–Trinajstić information content (AvgIpc) is 2.58. The maximum atomic E-state index is 13.2. The Kier molecular flexibility index (Phi) is 9.27. The molecule has 4 nitrogen and oxygen atoms in total. The van der Waals surface area contributed by atoms with Gasteiger partial charge in [-0.2, -0.15) is 0 Å². The highest BCUT2D eigenvalue weighted by molar-refractivity contribution is 6.32. The summed E-state index contributed by atoms with van der Waals surface area (Å²) in [5.74, 6) is -0.463. The van der Waals surface area contributed by atoms with Crippen molar-refractivity contribution in [3.8, 4) is 5.75 Å². The van der Waals surface area contributed by atoms with E-state index in [9.17, 15) is 9.18 Å². The van der Waals surface area contributed by atoms with Gasteiger partial charge in [0, 0.05) is 12.1 Å². The third kappa shape index (κ3) is 6.53. The van der Waals surface area contributed by atoms with Crippen molar-refractivity contribution >= 4 is 29.9 Å². The summed E-state index contributed by atoms with van der Waals surface area (Å²) >= 11 is 6.01. The lowest BCUT2D eigenvalue weighted by molar-refractivity contribution is -0.128. The SMILES string of the molecule is CNCCCNC(=O)C(Oc1ccc(F)cc1Cl)c1ccccc1.Cl. The Bertz CT molecular complexity index is 671. The lowest BCUT2D eigenvalue weighted by Crippen LogP contribution is -2.34. The molecule has 2 rings (SSSR count). The number of ether oxygens (including phenoxy) is 1. The maximum absolute atomic E-state index is 13.2. The van der Waals surface area contributed by atoms with Crippen molar-refractivity contribution in [3.05, 3.63) is 64.9 Å². The largest absolute Gasteiger partial charge is 0.474 e. The molecule has 0 fully saturated rings. The van der Waals surface area contributed by atoms with Gasteiger partial charge in [-0.15, -0.1) is 12.4 Å². The Morgan fingerprint density at radius 2 is 1.92 bits per heavy atom. The Hall–Kier alpha value is -1.82. The number of benzene rings is 2. The molecule has 0 saturated carbocycles. The molecule has 136 valence electrons. The van der Waals surface area contributed by atoms with Gasteiger partial charge in [-0.05, 0) is 38.2 Å². The van der Waals surface area contributed by atoms with Crippen LogP contribution in [0, 0.1) is 5.82 Å². The van der Waals surface area contributed by atoms with Gasteiger partial charge in [-0.1, -0.05) is 41.9 Å². The van der Waals surface area contributed by atoms with Crippen molar-refractivity contribution in [2.75, 3.05) is 20.1 Å². The molecule has 2 N–H and O–H groups in total. The van der Waals surface area contributed by atoms with E-state index in [0.29, 0.717) is 12.1 Å². The minimum atomic E-state index is -0.858. The lowest BCUT2D eigenvalue weighted by atomic mass is 10.1. The Morgan fingerprint density at radius 1 is 1.20 bits per heavy atom. The first-order valence-corrected chi connectivity index (χ1v) is 8.08. The number of carbonyl (C=O) groups is 1. The summed E-state index contributed by atoms with van der Waals surface area (Å²) in [6, 6.07) is 12.9. The predicted octanol–water partition coefficient (Wildman–Crippen LogP) is 3.75. The van der Waals surface area contributed by atoms with Crippen molar-refractivity contribution in [3.63, 3.8) is 0 Å². The van der Waals surface area contributed by atoms with Crippen LogP contribution in [0.2, 0.25) is 5.02 Å². The Morgan fingerprint density at radius 3 is 2.56 bits per heavy atom. The van der Waals surface area contributed by atoms with E-state index >= 15 is 0 Å². The second-order valence-electron chi connectivity index (χ2n) is 5.23. The second kappa shape index (κ2) is 10.9. The third-order valence-electron chi connectivity index (χ3n) is 3.38. The Labute approximate surface area is 158 Å². The van der Waals surface area contributed by atoms with Gasteiger partial charge in [0.15, 0.2) is 0 Å². The minimum Gasteiger partial charge on any atom is -0.474 e. The van der Waals surface area contributed by atoms with E-state index < -0.39 is 11.9 Å². The number of hydrogen-bond donors (Lipinski definition) is 2. The van der Waals surface area contributed by atoms with Gasteiger partial charge in [0.05, 0.1) is 5.02 Å². The van der Waals surface area contributed by atoms with Crippen LogP contribution in [0.1, 0.15) is 18.1 Å². The van der Waals surface area contributed by atoms with E-state index in [1.807, 2.05) is 25.2 Å². The third-order valence-corrected chi connectivity index (χ3v) is 3.68. The van der Waals surface area contributed by atoms with Crippen LogP contribution in [0.4, 0.5) is 4.39 Å². The van der Waals surface area contributed by atoms with Crippen LogP contribution in [-0.2, 0) is 4.79 Å². The average molecular weight is 387 g/mol. The molecule has 7 heteroatoms. The molecule has 1 atom stereocenters. The van der Waals surface area contributed by atoms with Gasteiger partial charge < -0.3 is 15.4 Å². The van der Waals surface area contributed by atoms with Crippen molar-refractivity contribution < 1.29 is 13.9 Å². The molecule has 25 heavy (non-hydrogen) atoms. The first-order valence-electron chi connectivity index (χ1n) is 7.71. The monoisotopic (exact) mass is 386 g/mol. The van der Waals surface area contributed by atoms with Crippen molar-refractivity contribution in [2.24, 2.45) is 0 Å². The molecular formula is C18H21Cl2FN2O2. The zero-order valence-corrected chi connectivity index (χ0v) is 15.4. The summed E-state index contributed by atoms with van der Waals surface area (Å²) in [7, 11) is 1.86. The van der Waals surface area contributed by atoms with Gasteiger partial charge in [0.1, 0.15) is 11.6 Å². The summed E-state index contributed by atoms with van der Waals surface area (Å²) in [5.41, 5.74) is 0.698. The number of nitrogens with one attached hydrogen (secondary N) is 2. The highest BCUT2D eigenvalue weighted by Gasteiger charge is 2.23. The first-order chi connectivity index (χ1) is 11.6. The summed E-state index contributed by atoms with van der Waals surface area (Å²) in [6.45, 7) is 1.34. The van der Waals surface area contributed by atoms with Gasteiger partial charge in [0.25, 0.3) is 5.91 Å². The number of rotatable bonds is 8. The summed E-state index contributed by atoms with van der Waals surface area (Å²) in [5, 5.41) is 5.99. The lowest BCUT2D eigenvalue weighted by Gasteiger charge is -2.20. The maximum Gasteiger partial charge on any atom is 0.265 e. The number of halogens is 3. The normalized spacial score (nSPS) is 11.3. The fourth-order valence-electron chi connectivity index (χ4n) is 2.17. The van der Waals surface area contributed by atoms with Gasteiger partial charge in [-0.25, -0.2) is 4.39 Å². The van der Waals surface area contributed by atoms with E-state index in [1.165, 1.54) is 12.1 Å². The van der Waals surface area contributed by atoms with Crippen LogP contribution in [0.15, 0.2) is 48.5 Å². The summed E-state index contributed by atoms with van der Waals surface area (Å²) < 4.78 is 19.0. The minimum absolute atomic E-state index is 0. The Balaban J connectivity index is 0.00000312. The fourth-order valence-corrected chi connectivity index (χ4v) is 2.38. The van der Waals surface area contributed by atoms with Crippen molar-refractivity contribution in [1.82, 2.24) is 10.6 Å². The molecule has 0 heterocycles. The van der Waals surface area contributed by atoms with E-state index in [2.05, 4.69) is 10.6 Å². The molecule has 0 aromatic heterocycles. The molecule has 0 radical (unpaired) electrons. The zero-order valence-electron chi connectivity index (χ0n) is 13.8. The summed E-state index contributed by atoms with van der Waals surface area (Å²) in [6.07, 6.45) is -0.0510. The molecule has 0 aliphatic heterocycles. The highest BCUT2D eigenvalue weighted by atomic mass is 35.5. The molecule has 1 amide bonds. The van der Waals surface area contributed by atoms with Crippen LogP contribution in [0.5, 0.6) is 5.75 Å². The second-order valence-corrected chi connectivity index (χ2v) is 5.64. The highest BCUT2D eigenvalue weighted by Crippen LogP contribution is 2.29. The molecule has 2 aromatic rings. The molecule has 2 aromatic carbocycles. The van der Waals surface area contributed by atoms with Crippen molar-refractivity contribution in [1.29, 1.82) is 0 Å². The molecule has 0 spiro atoms. The van der Waals surface area contributed by atoms with Crippen LogP contribution in [-0.4, -0.2) is 26.0 Å². The van der Waals surface area contributed by atoms with E-state index in [1.54, 1.807) is 12.1 Å². The smallest absolute Gasteiger partial charge is 0.265 e. The first kappa shape index (κ1) is 21.2. The molecule has 0 saturated heterocycles. The van der Waals surface area contributed by atoms with E-state index in [0.717, 1.165) is 19.0 Å². The van der Waals surface area contributed by atoms with E-state index in [4.69, 9.17) is 16.3 Å². The van der Waals surface area contributed by atoms with Gasteiger partial charge >= 0.3 is 0 Å². The number of carbonyl (C=O) groups excluding carboxylic acids is 1. The molecule has 0 bridgehead atoms. The van der Waals surface area contributed by atoms with Crippen LogP contribution in [0.3, 0.4) is 0 Å². The summed E-state index contributed by atoms with van der Waals surface area (Å²) in [4.78, 5) is 12.5. The van der Waals surface area contributed by atoms with E-state index in [-0.39, 0.29) is 29.1 Å². The molecule has 1 unspecified atom stereocenters. The van der Waals surface area contributed by atoms with Crippen molar-refractivity contribution in [2.45, 2.75) is 12.5 Å². The topological polar surface area (TPSA) is 50.4 Å². The number of hydrogen-bond acceptors (Lipinski definition) is 3.